The molecule has 1 aliphatic carbocycles. The molecule has 2 nitrogen and oxygen atoms in total. The first kappa shape index (κ1) is 14.2. The highest BCUT2D eigenvalue weighted by atomic mass is 19.1. The second-order valence-corrected chi connectivity index (χ2v) is 5.30. The van der Waals surface area contributed by atoms with Crippen LogP contribution in [0.3, 0.4) is 0 Å². The van der Waals surface area contributed by atoms with Crippen LogP contribution in [0, 0.1) is 5.82 Å². The number of carbonyl (C=O) groups excluding carboxylic acids is 1. The Morgan fingerprint density at radius 3 is 2.53 bits per heavy atom. The number of hydrogen-bond donors (Lipinski definition) is 0. The van der Waals surface area contributed by atoms with E-state index in [1.165, 1.54) is 31.4 Å². The summed E-state index contributed by atoms with van der Waals surface area (Å²) in [7, 11) is 0. The Hall–Kier alpha value is -1.22. The molecule has 2 rings (SSSR count). The molecular weight excluding hydrogens is 241 g/mol. The predicted molar refractivity (Wildman–Crippen MR) is 74.9 cm³/mol. The lowest BCUT2D eigenvalue weighted by Crippen LogP contribution is -2.28. The molecule has 0 N–H and O–H groups in total. The molecule has 0 radical (unpaired) electrons. The lowest BCUT2D eigenvalue weighted by molar-refractivity contribution is 0.0974. The Balaban J connectivity index is 1.75. The van der Waals surface area contributed by atoms with Crippen LogP contribution in [0.1, 0.15) is 49.4 Å². The highest BCUT2D eigenvalue weighted by Gasteiger charge is 2.27. The summed E-state index contributed by atoms with van der Waals surface area (Å²) in [5, 5.41) is 0. The number of rotatable bonds is 8. The van der Waals surface area contributed by atoms with Crippen LogP contribution in [0.5, 0.6) is 0 Å². The van der Waals surface area contributed by atoms with Gasteiger partial charge in [-0.05, 0) is 63.0 Å². The van der Waals surface area contributed by atoms with Gasteiger partial charge in [-0.1, -0.05) is 6.92 Å². The summed E-state index contributed by atoms with van der Waals surface area (Å²) in [6.45, 7) is 4.33. The van der Waals surface area contributed by atoms with E-state index in [0.717, 1.165) is 25.6 Å². The number of ketones is 1. The molecule has 1 aromatic carbocycles. The smallest absolute Gasteiger partial charge is 0.162 e. The molecule has 0 aromatic heterocycles. The van der Waals surface area contributed by atoms with E-state index in [9.17, 15) is 9.18 Å². The first-order valence-corrected chi connectivity index (χ1v) is 7.23. The fraction of sp³-hybridized carbons (Fsp3) is 0.562. The third kappa shape index (κ3) is 4.43. The molecule has 19 heavy (non-hydrogen) atoms. The minimum atomic E-state index is -0.292. The summed E-state index contributed by atoms with van der Waals surface area (Å²) in [5.74, 6) is -0.174. The maximum Gasteiger partial charge on any atom is 0.162 e. The fourth-order valence-electron chi connectivity index (χ4n) is 2.43. The fourth-order valence-corrected chi connectivity index (χ4v) is 2.43. The lowest BCUT2D eigenvalue weighted by Gasteiger charge is -2.20. The Morgan fingerprint density at radius 1 is 1.26 bits per heavy atom. The van der Waals surface area contributed by atoms with Gasteiger partial charge >= 0.3 is 0 Å². The van der Waals surface area contributed by atoms with Gasteiger partial charge in [-0.2, -0.15) is 0 Å². The van der Waals surface area contributed by atoms with Crippen molar-refractivity contribution in [1.29, 1.82) is 0 Å². The van der Waals surface area contributed by atoms with Crippen molar-refractivity contribution in [3.63, 3.8) is 0 Å². The van der Waals surface area contributed by atoms with Crippen LogP contribution in [0.25, 0.3) is 0 Å². The number of halogens is 1. The minimum Gasteiger partial charge on any atom is -0.300 e. The molecule has 0 bridgehead atoms. The number of carbonyl (C=O) groups is 1. The topological polar surface area (TPSA) is 20.3 Å². The van der Waals surface area contributed by atoms with Gasteiger partial charge in [0.25, 0.3) is 0 Å². The summed E-state index contributed by atoms with van der Waals surface area (Å²) in [6.07, 6.45) is 5.24. The highest BCUT2D eigenvalue weighted by Crippen LogP contribution is 2.27. The average molecular weight is 263 g/mol. The third-order valence-corrected chi connectivity index (χ3v) is 3.59. The van der Waals surface area contributed by atoms with Crippen molar-refractivity contribution >= 4 is 5.78 Å². The van der Waals surface area contributed by atoms with Gasteiger partial charge in [0, 0.05) is 18.0 Å². The van der Waals surface area contributed by atoms with Crippen LogP contribution in [0.4, 0.5) is 4.39 Å². The van der Waals surface area contributed by atoms with Gasteiger partial charge < -0.3 is 4.90 Å². The number of hydrogen-bond acceptors (Lipinski definition) is 2. The van der Waals surface area contributed by atoms with Gasteiger partial charge in [0.2, 0.25) is 0 Å². The highest BCUT2D eigenvalue weighted by molar-refractivity contribution is 5.95. The molecule has 1 aliphatic rings. The molecule has 3 heteroatoms. The Morgan fingerprint density at radius 2 is 1.95 bits per heavy atom. The average Bonchev–Trinajstić information content (AvgIpc) is 3.22. The van der Waals surface area contributed by atoms with E-state index in [2.05, 4.69) is 11.8 Å². The van der Waals surface area contributed by atoms with Crippen LogP contribution in [0.15, 0.2) is 24.3 Å². The van der Waals surface area contributed by atoms with Crippen molar-refractivity contribution in [2.45, 2.75) is 45.1 Å². The van der Waals surface area contributed by atoms with E-state index < -0.39 is 0 Å². The summed E-state index contributed by atoms with van der Waals surface area (Å²) in [5.41, 5.74) is 0.620. The first-order valence-electron chi connectivity index (χ1n) is 7.23. The molecule has 0 amide bonds. The van der Waals surface area contributed by atoms with E-state index in [1.54, 1.807) is 12.1 Å². The number of benzene rings is 1. The van der Waals surface area contributed by atoms with Crippen molar-refractivity contribution in [3.05, 3.63) is 35.6 Å². The van der Waals surface area contributed by atoms with Gasteiger partial charge in [-0.15, -0.1) is 0 Å². The van der Waals surface area contributed by atoms with Gasteiger partial charge in [0.05, 0.1) is 0 Å². The Bertz CT molecular complexity index is 411. The second-order valence-electron chi connectivity index (χ2n) is 5.30. The van der Waals surface area contributed by atoms with Crippen molar-refractivity contribution in [2.75, 3.05) is 13.1 Å². The molecule has 104 valence electrons. The predicted octanol–water partition coefficient (Wildman–Crippen LogP) is 3.66. The maximum absolute atomic E-state index is 12.8. The number of nitrogens with zero attached hydrogens (tertiary/aromatic N) is 1. The maximum atomic E-state index is 12.8. The van der Waals surface area contributed by atoms with Crippen molar-refractivity contribution < 1.29 is 9.18 Å². The Labute approximate surface area is 114 Å². The van der Waals surface area contributed by atoms with Crippen molar-refractivity contribution in [3.8, 4) is 0 Å². The summed E-state index contributed by atoms with van der Waals surface area (Å²) < 4.78 is 12.8. The summed E-state index contributed by atoms with van der Waals surface area (Å²) >= 11 is 0. The van der Waals surface area contributed by atoms with Crippen LogP contribution in [-0.2, 0) is 0 Å². The van der Waals surface area contributed by atoms with Gasteiger partial charge in [0.1, 0.15) is 5.82 Å². The van der Waals surface area contributed by atoms with Crippen molar-refractivity contribution in [1.82, 2.24) is 4.90 Å². The standard InChI is InChI=1S/C16H22FNO/c1-2-11-18(15-9-10-15)12-3-4-16(19)13-5-7-14(17)8-6-13/h5-8,15H,2-4,9-12H2,1H3. The van der Waals surface area contributed by atoms with E-state index in [4.69, 9.17) is 0 Å². The largest absolute Gasteiger partial charge is 0.300 e. The van der Waals surface area contributed by atoms with Crippen LogP contribution in [-0.4, -0.2) is 29.8 Å². The first-order chi connectivity index (χ1) is 9.20. The molecule has 0 saturated heterocycles. The van der Waals surface area contributed by atoms with Crippen LogP contribution >= 0.6 is 0 Å². The zero-order chi connectivity index (χ0) is 13.7. The quantitative estimate of drug-likeness (QED) is 0.667. The molecule has 1 aromatic rings. The third-order valence-electron chi connectivity index (χ3n) is 3.59. The van der Waals surface area contributed by atoms with Gasteiger partial charge in [-0.25, -0.2) is 4.39 Å². The van der Waals surface area contributed by atoms with E-state index in [-0.39, 0.29) is 11.6 Å². The molecule has 1 fully saturated rings. The molecule has 0 spiro atoms. The van der Waals surface area contributed by atoms with Crippen molar-refractivity contribution in [2.24, 2.45) is 0 Å². The summed E-state index contributed by atoms with van der Waals surface area (Å²) in [4.78, 5) is 14.4. The van der Waals surface area contributed by atoms with Gasteiger partial charge in [0.15, 0.2) is 5.78 Å². The van der Waals surface area contributed by atoms with E-state index >= 15 is 0 Å². The molecular formula is C16H22FNO. The summed E-state index contributed by atoms with van der Waals surface area (Å²) in [6, 6.07) is 6.60. The SMILES string of the molecule is CCCN(CCCC(=O)c1ccc(F)cc1)C1CC1. The molecule has 0 unspecified atom stereocenters. The Kier molecular flexibility index (Phi) is 5.08. The molecule has 0 heterocycles. The van der Waals surface area contributed by atoms with E-state index in [1.807, 2.05) is 0 Å². The zero-order valence-electron chi connectivity index (χ0n) is 11.6. The van der Waals surface area contributed by atoms with E-state index in [0.29, 0.717) is 12.0 Å². The molecule has 0 aliphatic heterocycles. The monoisotopic (exact) mass is 263 g/mol. The number of Topliss-reactive ketones (excluding diaryl/α,β-unsaturated/α-hetero) is 1. The van der Waals surface area contributed by atoms with Crippen LogP contribution in [0.2, 0.25) is 0 Å². The molecule has 0 atom stereocenters. The normalized spacial score (nSPS) is 14.9. The van der Waals surface area contributed by atoms with Crippen LogP contribution < -0.4 is 0 Å². The molecule has 1 saturated carbocycles. The lowest BCUT2D eigenvalue weighted by atomic mass is 10.1. The zero-order valence-corrected chi connectivity index (χ0v) is 11.6. The second kappa shape index (κ2) is 6.80. The van der Waals surface area contributed by atoms with Gasteiger partial charge in [-0.3, -0.25) is 4.79 Å². The minimum absolute atomic E-state index is 0.118.